The maximum Gasteiger partial charge on any atom is 0.323 e. The second kappa shape index (κ2) is 8.52. The highest BCUT2D eigenvalue weighted by atomic mass is 35.5. The molecule has 0 radical (unpaired) electrons. The number of rotatable bonds is 5. The highest BCUT2D eigenvalue weighted by molar-refractivity contribution is 7.92. The number of carbonyl (C=O) groups is 1. The van der Waals surface area contributed by atoms with Gasteiger partial charge in [0.05, 0.1) is 15.6 Å². The minimum absolute atomic E-state index is 0.0116. The van der Waals surface area contributed by atoms with Gasteiger partial charge in [0, 0.05) is 16.4 Å². The van der Waals surface area contributed by atoms with E-state index in [9.17, 15) is 13.2 Å². The van der Waals surface area contributed by atoms with E-state index < -0.39 is 16.1 Å². The number of sulfonamides is 1. The SMILES string of the molecule is O=C(Nc1ccccc1)Nc1ccc(S(=O)(=O)Nc2cc(Cl)ccc2Cl)cc1. The fourth-order valence-corrected chi connectivity index (χ4v) is 3.78. The van der Waals surface area contributed by atoms with Crippen LogP contribution in [0.15, 0.2) is 77.7 Å². The quantitative estimate of drug-likeness (QED) is 0.498. The largest absolute Gasteiger partial charge is 0.323 e. The topological polar surface area (TPSA) is 87.3 Å². The van der Waals surface area contributed by atoms with Crippen molar-refractivity contribution in [1.29, 1.82) is 0 Å². The van der Waals surface area contributed by atoms with E-state index in [0.29, 0.717) is 16.4 Å². The van der Waals surface area contributed by atoms with Crippen molar-refractivity contribution in [3.63, 3.8) is 0 Å². The third-order valence-electron chi connectivity index (χ3n) is 3.63. The van der Waals surface area contributed by atoms with Crippen LogP contribution in [-0.2, 0) is 10.0 Å². The Labute approximate surface area is 172 Å². The van der Waals surface area contributed by atoms with Gasteiger partial charge in [0.25, 0.3) is 10.0 Å². The maximum atomic E-state index is 12.5. The van der Waals surface area contributed by atoms with Crippen molar-refractivity contribution in [3.05, 3.63) is 82.8 Å². The van der Waals surface area contributed by atoms with Gasteiger partial charge in [-0.25, -0.2) is 13.2 Å². The first-order valence-corrected chi connectivity index (χ1v) is 10.3. The van der Waals surface area contributed by atoms with Crippen molar-refractivity contribution in [3.8, 4) is 0 Å². The number of benzene rings is 3. The fourth-order valence-electron chi connectivity index (χ4n) is 2.31. The Hall–Kier alpha value is -2.74. The molecule has 9 heteroatoms. The van der Waals surface area contributed by atoms with Gasteiger partial charge in [-0.2, -0.15) is 0 Å². The number of carbonyl (C=O) groups excluding carboxylic acids is 1. The first kappa shape index (κ1) is 20.0. The first-order valence-electron chi connectivity index (χ1n) is 8.04. The van der Waals surface area contributed by atoms with Crippen LogP contribution in [0.1, 0.15) is 0 Å². The lowest BCUT2D eigenvalue weighted by Crippen LogP contribution is -2.19. The molecule has 0 aliphatic carbocycles. The minimum Gasteiger partial charge on any atom is -0.308 e. The average molecular weight is 436 g/mol. The van der Waals surface area contributed by atoms with E-state index in [1.165, 1.54) is 36.4 Å². The summed E-state index contributed by atoms with van der Waals surface area (Å²) >= 11 is 11.9. The summed E-state index contributed by atoms with van der Waals surface area (Å²) in [5.74, 6) is 0. The zero-order valence-corrected chi connectivity index (χ0v) is 16.6. The number of halogens is 2. The molecule has 0 saturated carbocycles. The number of anilines is 3. The molecule has 0 aliphatic heterocycles. The molecule has 0 heterocycles. The molecule has 3 aromatic rings. The lowest BCUT2D eigenvalue weighted by Gasteiger charge is -2.11. The molecular formula is C19H15Cl2N3O3S. The Bertz CT molecular complexity index is 1090. The van der Waals surface area contributed by atoms with Gasteiger partial charge in [0.15, 0.2) is 0 Å². The predicted octanol–water partition coefficient (Wildman–Crippen LogP) is 5.44. The zero-order chi connectivity index (χ0) is 20.1. The van der Waals surface area contributed by atoms with Crippen LogP contribution in [0.4, 0.5) is 21.9 Å². The van der Waals surface area contributed by atoms with Gasteiger partial charge < -0.3 is 10.6 Å². The van der Waals surface area contributed by atoms with E-state index in [2.05, 4.69) is 15.4 Å². The van der Waals surface area contributed by atoms with E-state index in [4.69, 9.17) is 23.2 Å². The number of amides is 2. The van der Waals surface area contributed by atoms with Crippen molar-refractivity contribution in [2.75, 3.05) is 15.4 Å². The normalized spacial score (nSPS) is 10.9. The number of hydrogen-bond donors (Lipinski definition) is 3. The molecule has 3 aromatic carbocycles. The van der Waals surface area contributed by atoms with E-state index in [1.807, 2.05) is 6.07 Å². The Morgan fingerprint density at radius 2 is 1.39 bits per heavy atom. The summed E-state index contributed by atoms with van der Waals surface area (Å²) in [6, 6.07) is 18.7. The number of para-hydroxylation sites is 1. The van der Waals surface area contributed by atoms with Gasteiger partial charge >= 0.3 is 6.03 Å². The lowest BCUT2D eigenvalue weighted by atomic mass is 10.3. The van der Waals surface area contributed by atoms with E-state index >= 15 is 0 Å². The number of urea groups is 1. The lowest BCUT2D eigenvalue weighted by molar-refractivity contribution is 0.262. The summed E-state index contributed by atoms with van der Waals surface area (Å²) in [5, 5.41) is 5.88. The average Bonchev–Trinajstić information content (AvgIpc) is 2.66. The molecule has 0 unspecified atom stereocenters. The molecule has 0 saturated heterocycles. The van der Waals surface area contributed by atoms with Crippen molar-refractivity contribution in [1.82, 2.24) is 0 Å². The summed E-state index contributed by atoms with van der Waals surface area (Å²) in [4.78, 5) is 12.0. The summed E-state index contributed by atoms with van der Waals surface area (Å²) in [6.45, 7) is 0. The smallest absolute Gasteiger partial charge is 0.308 e. The van der Waals surface area contributed by atoms with Crippen LogP contribution in [0, 0.1) is 0 Å². The molecule has 3 N–H and O–H groups in total. The van der Waals surface area contributed by atoms with Gasteiger partial charge in [-0.05, 0) is 54.6 Å². The fraction of sp³-hybridized carbons (Fsp3) is 0. The van der Waals surface area contributed by atoms with Gasteiger partial charge in [0.1, 0.15) is 0 Å². The van der Waals surface area contributed by atoms with Crippen LogP contribution in [0.5, 0.6) is 0 Å². The standard InChI is InChI=1S/C19H15Cl2N3O3S/c20-13-6-11-17(21)18(12-13)24-28(26,27)16-9-7-15(8-10-16)23-19(25)22-14-4-2-1-3-5-14/h1-12,24H,(H2,22,23,25). The number of hydrogen-bond acceptors (Lipinski definition) is 3. The molecule has 0 atom stereocenters. The van der Waals surface area contributed by atoms with Crippen LogP contribution in [0.2, 0.25) is 10.0 Å². The van der Waals surface area contributed by atoms with E-state index in [-0.39, 0.29) is 15.6 Å². The highest BCUT2D eigenvalue weighted by Crippen LogP contribution is 2.28. The van der Waals surface area contributed by atoms with Crippen molar-refractivity contribution in [2.45, 2.75) is 4.90 Å². The Morgan fingerprint density at radius 1 is 0.786 bits per heavy atom. The molecule has 6 nitrogen and oxygen atoms in total. The molecule has 0 aliphatic rings. The maximum absolute atomic E-state index is 12.5. The van der Waals surface area contributed by atoms with E-state index in [0.717, 1.165) is 0 Å². The van der Waals surface area contributed by atoms with Crippen LogP contribution in [-0.4, -0.2) is 14.4 Å². The van der Waals surface area contributed by atoms with Crippen molar-refractivity contribution in [2.24, 2.45) is 0 Å². The molecule has 0 spiro atoms. The Balaban J connectivity index is 1.69. The molecule has 3 rings (SSSR count). The third kappa shape index (κ3) is 5.16. The summed E-state index contributed by atoms with van der Waals surface area (Å²) < 4.78 is 27.4. The van der Waals surface area contributed by atoms with Crippen LogP contribution >= 0.6 is 23.2 Å². The minimum atomic E-state index is -3.87. The first-order chi connectivity index (χ1) is 13.3. The Morgan fingerprint density at radius 3 is 2.04 bits per heavy atom. The van der Waals surface area contributed by atoms with Gasteiger partial charge in [-0.15, -0.1) is 0 Å². The molecule has 28 heavy (non-hydrogen) atoms. The van der Waals surface area contributed by atoms with Gasteiger partial charge in [-0.3, -0.25) is 4.72 Å². The van der Waals surface area contributed by atoms with Crippen LogP contribution < -0.4 is 15.4 Å². The molecule has 0 aromatic heterocycles. The predicted molar refractivity (Wildman–Crippen MR) is 113 cm³/mol. The monoisotopic (exact) mass is 435 g/mol. The molecule has 0 fully saturated rings. The molecule has 0 bridgehead atoms. The summed E-state index contributed by atoms with van der Waals surface area (Å²) in [7, 11) is -3.87. The van der Waals surface area contributed by atoms with Gasteiger partial charge in [-0.1, -0.05) is 41.4 Å². The second-order valence-corrected chi connectivity index (χ2v) is 8.23. The molecular weight excluding hydrogens is 421 g/mol. The third-order valence-corrected chi connectivity index (χ3v) is 5.57. The second-order valence-electron chi connectivity index (χ2n) is 5.70. The summed E-state index contributed by atoms with van der Waals surface area (Å²) in [6.07, 6.45) is 0. The number of nitrogens with one attached hydrogen (secondary N) is 3. The van der Waals surface area contributed by atoms with Crippen LogP contribution in [0.3, 0.4) is 0 Å². The molecule has 144 valence electrons. The van der Waals surface area contributed by atoms with Crippen molar-refractivity contribution >= 4 is 56.3 Å². The summed E-state index contributed by atoms with van der Waals surface area (Å²) in [5.41, 5.74) is 1.26. The zero-order valence-electron chi connectivity index (χ0n) is 14.3. The van der Waals surface area contributed by atoms with Crippen LogP contribution in [0.25, 0.3) is 0 Å². The van der Waals surface area contributed by atoms with Crippen molar-refractivity contribution < 1.29 is 13.2 Å². The Kier molecular flexibility index (Phi) is 6.08. The molecule has 2 amide bonds. The highest BCUT2D eigenvalue weighted by Gasteiger charge is 2.16. The van der Waals surface area contributed by atoms with Gasteiger partial charge in [0.2, 0.25) is 0 Å². The van der Waals surface area contributed by atoms with E-state index in [1.54, 1.807) is 30.3 Å².